The summed E-state index contributed by atoms with van der Waals surface area (Å²) < 4.78 is 1.61. The number of hydrogen-bond donors (Lipinski definition) is 0. The predicted molar refractivity (Wildman–Crippen MR) is 50.9 cm³/mol. The molecule has 0 saturated heterocycles. The van der Waals surface area contributed by atoms with Gasteiger partial charge in [-0.15, -0.1) is 0 Å². The van der Waals surface area contributed by atoms with Gasteiger partial charge in [0.25, 0.3) is 0 Å². The van der Waals surface area contributed by atoms with Gasteiger partial charge in [-0.3, -0.25) is 14.3 Å². The lowest BCUT2D eigenvalue weighted by Crippen LogP contribution is -2.11. The molecule has 4 nitrogen and oxygen atoms in total. The van der Waals surface area contributed by atoms with Crippen LogP contribution in [0.2, 0.25) is 0 Å². The lowest BCUT2D eigenvalue weighted by Gasteiger charge is -1.99. The molecular formula is C10H9N3O. The molecule has 4 heteroatoms. The van der Waals surface area contributed by atoms with Crippen LogP contribution in [0, 0.1) is 5.92 Å². The Labute approximate surface area is 80.6 Å². The Kier molecular flexibility index (Phi) is 1.45. The summed E-state index contributed by atoms with van der Waals surface area (Å²) >= 11 is 0. The molecule has 0 spiro atoms. The van der Waals surface area contributed by atoms with E-state index < -0.39 is 0 Å². The molecule has 70 valence electrons. The van der Waals surface area contributed by atoms with Crippen molar-refractivity contribution in [2.75, 3.05) is 0 Å². The van der Waals surface area contributed by atoms with Gasteiger partial charge in [0.2, 0.25) is 5.91 Å². The monoisotopic (exact) mass is 187 g/mol. The Morgan fingerprint density at radius 3 is 2.93 bits per heavy atom. The molecule has 0 unspecified atom stereocenters. The number of carbonyl (C=O) groups is 1. The van der Waals surface area contributed by atoms with Crippen LogP contribution in [-0.2, 0) is 0 Å². The highest BCUT2D eigenvalue weighted by Gasteiger charge is 2.31. The smallest absolute Gasteiger partial charge is 0.235 e. The number of rotatable bonds is 1. The molecule has 2 heterocycles. The molecule has 0 radical (unpaired) electrons. The SMILES string of the molecule is O=C(C1CC1)n1ccc2nccnc21. The number of carbonyl (C=O) groups excluding carboxylic acids is 1. The molecule has 0 aliphatic heterocycles. The van der Waals surface area contributed by atoms with Crippen LogP contribution in [0.25, 0.3) is 11.2 Å². The number of fused-ring (bicyclic) bond motifs is 1. The average Bonchev–Trinajstić information content (AvgIpc) is 2.97. The Bertz CT molecular complexity index is 499. The van der Waals surface area contributed by atoms with Crippen molar-refractivity contribution in [2.45, 2.75) is 12.8 Å². The molecule has 0 amide bonds. The van der Waals surface area contributed by atoms with Crippen LogP contribution in [0.3, 0.4) is 0 Å². The van der Waals surface area contributed by atoms with E-state index in [1.807, 2.05) is 6.07 Å². The van der Waals surface area contributed by atoms with Gasteiger partial charge in [0, 0.05) is 24.5 Å². The van der Waals surface area contributed by atoms with Crippen molar-refractivity contribution < 1.29 is 4.79 Å². The third-order valence-electron chi connectivity index (χ3n) is 2.48. The van der Waals surface area contributed by atoms with E-state index in [4.69, 9.17) is 0 Å². The van der Waals surface area contributed by atoms with Crippen molar-refractivity contribution in [2.24, 2.45) is 5.92 Å². The first-order chi connectivity index (χ1) is 6.86. The van der Waals surface area contributed by atoms with Crippen LogP contribution in [0.15, 0.2) is 24.7 Å². The van der Waals surface area contributed by atoms with E-state index in [0.717, 1.165) is 18.4 Å². The number of aromatic nitrogens is 3. The summed E-state index contributed by atoms with van der Waals surface area (Å²) in [6.45, 7) is 0. The number of hydrogen-bond acceptors (Lipinski definition) is 3. The first-order valence-electron chi connectivity index (χ1n) is 4.68. The zero-order valence-corrected chi connectivity index (χ0v) is 7.55. The Morgan fingerprint density at radius 1 is 1.36 bits per heavy atom. The van der Waals surface area contributed by atoms with E-state index in [9.17, 15) is 4.79 Å². The maximum atomic E-state index is 11.8. The van der Waals surface area contributed by atoms with Crippen LogP contribution in [-0.4, -0.2) is 20.4 Å². The van der Waals surface area contributed by atoms with Crippen LogP contribution < -0.4 is 0 Å². The fraction of sp³-hybridized carbons (Fsp3) is 0.300. The van der Waals surface area contributed by atoms with Crippen LogP contribution >= 0.6 is 0 Å². The van der Waals surface area contributed by atoms with Gasteiger partial charge in [-0.2, -0.15) is 0 Å². The van der Waals surface area contributed by atoms with Crippen molar-refractivity contribution in [1.82, 2.24) is 14.5 Å². The van der Waals surface area contributed by atoms with Gasteiger partial charge in [0.1, 0.15) is 5.52 Å². The van der Waals surface area contributed by atoms with E-state index in [2.05, 4.69) is 9.97 Å². The summed E-state index contributed by atoms with van der Waals surface area (Å²) in [6.07, 6.45) is 7.02. The quantitative estimate of drug-likeness (QED) is 0.679. The summed E-state index contributed by atoms with van der Waals surface area (Å²) in [5, 5.41) is 0. The summed E-state index contributed by atoms with van der Waals surface area (Å²) in [4.78, 5) is 20.1. The normalized spacial score (nSPS) is 16.0. The zero-order chi connectivity index (χ0) is 9.54. The second-order valence-corrected chi connectivity index (χ2v) is 3.56. The summed E-state index contributed by atoms with van der Waals surface area (Å²) in [7, 11) is 0. The molecule has 0 atom stereocenters. The largest absolute Gasteiger partial charge is 0.274 e. The molecule has 0 aromatic carbocycles. The highest BCUT2D eigenvalue weighted by atomic mass is 16.2. The molecule has 1 aliphatic carbocycles. The van der Waals surface area contributed by atoms with Gasteiger partial charge in [-0.1, -0.05) is 0 Å². The highest BCUT2D eigenvalue weighted by Crippen LogP contribution is 2.31. The maximum Gasteiger partial charge on any atom is 0.235 e. The van der Waals surface area contributed by atoms with E-state index in [0.29, 0.717) is 5.65 Å². The molecule has 1 saturated carbocycles. The third kappa shape index (κ3) is 1.04. The first kappa shape index (κ1) is 7.67. The minimum absolute atomic E-state index is 0.153. The van der Waals surface area contributed by atoms with Gasteiger partial charge >= 0.3 is 0 Å². The fourth-order valence-corrected chi connectivity index (χ4v) is 1.57. The summed E-state index contributed by atoms with van der Waals surface area (Å²) in [6, 6.07) is 1.82. The predicted octanol–water partition coefficient (Wildman–Crippen LogP) is 1.48. The van der Waals surface area contributed by atoms with Gasteiger partial charge in [0.05, 0.1) is 0 Å². The molecule has 14 heavy (non-hydrogen) atoms. The fourth-order valence-electron chi connectivity index (χ4n) is 1.57. The van der Waals surface area contributed by atoms with E-state index >= 15 is 0 Å². The van der Waals surface area contributed by atoms with Crippen LogP contribution in [0.5, 0.6) is 0 Å². The molecule has 1 fully saturated rings. The topological polar surface area (TPSA) is 47.8 Å². The zero-order valence-electron chi connectivity index (χ0n) is 7.55. The minimum atomic E-state index is 0.153. The van der Waals surface area contributed by atoms with Crippen molar-refractivity contribution in [3.8, 4) is 0 Å². The maximum absolute atomic E-state index is 11.8. The Morgan fingerprint density at radius 2 is 2.14 bits per heavy atom. The average molecular weight is 187 g/mol. The molecule has 1 aliphatic rings. The highest BCUT2D eigenvalue weighted by molar-refractivity contribution is 5.91. The van der Waals surface area contributed by atoms with Gasteiger partial charge in [-0.05, 0) is 18.9 Å². The molecule has 0 bridgehead atoms. The lowest BCUT2D eigenvalue weighted by atomic mass is 10.4. The van der Waals surface area contributed by atoms with Crippen LogP contribution in [0.1, 0.15) is 17.6 Å². The second kappa shape index (κ2) is 2.64. The van der Waals surface area contributed by atoms with E-state index in [1.54, 1.807) is 23.2 Å². The second-order valence-electron chi connectivity index (χ2n) is 3.56. The minimum Gasteiger partial charge on any atom is -0.274 e. The van der Waals surface area contributed by atoms with Crippen molar-refractivity contribution >= 4 is 17.1 Å². The van der Waals surface area contributed by atoms with Crippen molar-refractivity contribution in [3.63, 3.8) is 0 Å². The lowest BCUT2D eigenvalue weighted by molar-refractivity contribution is 0.0891. The van der Waals surface area contributed by atoms with Crippen molar-refractivity contribution in [3.05, 3.63) is 24.7 Å². The molecule has 2 aromatic heterocycles. The summed E-state index contributed by atoms with van der Waals surface area (Å²) in [5.74, 6) is 0.369. The Hall–Kier alpha value is -1.71. The molecule has 0 N–H and O–H groups in total. The molecule has 3 rings (SSSR count). The first-order valence-corrected chi connectivity index (χ1v) is 4.68. The van der Waals surface area contributed by atoms with Gasteiger partial charge in [-0.25, -0.2) is 4.98 Å². The van der Waals surface area contributed by atoms with E-state index in [1.165, 1.54) is 0 Å². The summed E-state index contributed by atoms with van der Waals surface area (Å²) in [5.41, 5.74) is 1.45. The van der Waals surface area contributed by atoms with Gasteiger partial charge < -0.3 is 0 Å². The van der Waals surface area contributed by atoms with Crippen LogP contribution in [0.4, 0.5) is 0 Å². The van der Waals surface area contributed by atoms with Gasteiger partial charge in [0.15, 0.2) is 5.65 Å². The van der Waals surface area contributed by atoms with Crippen molar-refractivity contribution in [1.29, 1.82) is 0 Å². The standard InChI is InChI=1S/C10H9N3O/c14-10(7-1-2-7)13-6-3-8-9(13)12-5-4-11-8/h3-7H,1-2H2. The molecular weight excluding hydrogens is 178 g/mol. The third-order valence-corrected chi connectivity index (χ3v) is 2.48. The number of nitrogens with zero attached hydrogens (tertiary/aromatic N) is 3. The van der Waals surface area contributed by atoms with E-state index in [-0.39, 0.29) is 11.8 Å². The Balaban J connectivity index is 2.16. The molecule has 2 aromatic rings.